The standard InChI is InChI=1S/C14H18BrN/c1-8(9-5-6-9)12-7-13(15)10-3-2-4-11(10)14(12)16/h7-9H,2-6,16H2,1H3. The lowest BCUT2D eigenvalue weighted by molar-refractivity contribution is 0.665. The fourth-order valence-corrected chi connectivity index (χ4v) is 3.69. The molecule has 0 spiro atoms. The predicted octanol–water partition coefficient (Wildman–Crippen LogP) is 4.03. The largest absolute Gasteiger partial charge is 0.398 e. The summed E-state index contributed by atoms with van der Waals surface area (Å²) in [6, 6.07) is 2.28. The van der Waals surface area contributed by atoms with Gasteiger partial charge >= 0.3 is 0 Å². The molecule has 16 heavy (non-hydrogen) atoms. The Morgan fingerprint density at radius 2 is 2.00 bits per heavy atom. The van der Waals surface area contributed by atoms with Gasteiger partial charge in [-0.2, -0.15) is 0 Å². The van der Waals surface area contributed by atoms with Crippen molar-refractivity contribution in [2.45, 2.75) is 44.9 Å². The molecule has 1 atom stereocenters. The van der Waals surface area contributed by atoms with E-state index in [0.717, 1.165) is 11.6 Å². The molecule has 0 bridgehead atoms. The van der Waals surface area contributed by atoms with Crippen LogP contribution in [-0.4, -0.2) is 0 Å². The molecule has 2 aliphatic rings. The van der Waals surface area contributed by atoms with Gasteiger partial charge in [-0.05, 0) is 66.7 Å². The lowest BCUT2D eigenvalue weighted by atomic mass is 9.91. The first-order chi connectivity index (χ1) is 7.68. The second kappa shape index (κ2) is 3.76. The van der Waals surface area contributed by atoms with Gasteiger partial charge in [0.15, 0.2) is 0 Å². The Balaban J connectivity index is 2.08. The SMILES string of the molecule is CC(c1cc(Br)c2c(c1N)CCC2)C1CC1. The molecule has 2 aliphatic carbocycles. The first-order valence-electron chi connectivity index (χ1n) is 6.28. The number of hydrogen-bond donors (Lipinski definition) is 1. The lowest BCUT2D eigenvalue weighted by Crippen LogP contribution is -2.05. The molecule has 2 heteroatoms. The summed E-state index contributed by atoms with van der Waals surface area (Å²) in [6.07, 6.45) is 6.40. The molecule has 3 rings (SSSR count). The molecule has 86 valence electrons. The van der Waals surface area contributed by atoms with E-state index in [-0.39, 0.29) is 0 Å². The molecule has 0 heterocycles. The number of nitrogens with two attached hydrogens (primary N) is 1. The molecule has 1 fully saturated rings. The van der Waals surface area contributed by atoms with E-state index in [1.54, 1.807) is 0 Å². The summed E-state index contributed by atoms with van der Waals surface area (Å²) >= 11 is 3.71. The maximum absolute atomic E-state index is 6.35. The Hall–Kier alpha value is -0.500. The molecule has 1 saturated carbocycles. The predicted molar refractivity (Wildman–Crippen MR) is 71.7 cm³/mol. The van der Waals surface area contributed by atoms with Crippen LogP contribution in [-0.2, 0) is 12.8 Å². The third kappa shape index (κ3) is 1.58. The average Bonchev–Trinajstić information content (AvgIpc) is 2.99. The van der Waals surface area contributed by atoms with E-state index in [2.05, 4.69) is 28.9 Å². The van der Waals surface area contributed by atoms with Crippen molar-refractivity contribution < 1.29 is 0 Å². The van der Waals surface area contributed by atoms with Crippen LogP contribution in [0, 0.1) is 5.92 Å². The van der Waals surface area contributed by atoms with Crippen LogP contribution in [0.5, 0.6) is 0 Å². The van der Waals surface area contributed by atoms with Crippen LogP contribution >= 0.6 is 15.9 Å². The van der Waals surface area contributed by atoms with Gasteiger partial charge in [0.05, 0.1) is 0 Å². The Kier molecular flexibility index (Phi) is 2.50. The molecule has 2 N–H and O–H groups in total. The summed E-state index contributed by atoms with van der Waals surface area (Å²) in [6.45, 7) is 2.33. The lowest BCUT2D eigenvalue weighted by Gasteiger charge is -2.18. The molecule has 0 aromatic heterocycles. The highest BCUT2D eigenvalue weighted by Gasteiger charge is 2.31. The van der Waals surface area contributed by atoms with Crippen molar-refractivity contribution >= 4 is 21.6 Å². The van der Waals surface area contributed by atoms with Crippen LogP contribution < -0.4 is 5.73 Å². The second-order valence-corrected chi connectivity index (χ2v) is 6.15. The van der Waals surface area contributed by atoms with Crippen molar-refractivity contribution in [2.75, 3.05) is 5.73 Å². The molecule has 1 unspecified atom stereocenters. The number of halogens is 1. The number of hydrogen-bond acceptors (Lipinski definition) is 1. The van der Waals surface area contributed by atoms with E-state index in [1.165, 1.54) is 53.3 Å². The van der Waals surface area contributed by atoms with Crippen LogP contribution in [0.3, 0.4) is 0 Å². The van der Waals surface area contributed by atoms with E-state index < -0.39 is 0 Å². The molecule has 0 saturated heterocycles. The number of nitrogen functional groups attached to an aromatic ring is 1. The van der Waals surface area contributed by atoms with Crippen LogP contribution in [0.15, 0.2) is 10.5 Å². The molecule has 0 aliphatic heterocycles. The Labute approximate surface area is 106 Å². The topological polar surface area (TPSA) is 26.0 Å². The van der Waals surface area contributed by atoms with Crippen molar-refractivity contribution in [1.29, 1.82) is 0 Å². The van der Waals surface area contributed by atoms with Crippen molar-refractivity contribution in [3.8, 4) is 0 Å². The maximum atomic E-state index is 6.35. The Morgan fingerprint density at radius 1 is 1.31 bits per heavy atom. The van der Waals surface area contributed by atoms with Crippen molar-refractivity contribution in [2.24, 2.45) is 5.92 Å². The zero-order chi connectivity index (χ0) is 11.3. The highest BCUT2D eigenvalue weighted by atomic mass is 79.9. The van der Waals surface area contributed by atoms with E-state index in [9.17, 15) is 0 Å². The molecule has 1 nitrogen and oxygen atoms in total. The number of anilines is 1. The minimum Gasteiger partial charge on any atom is -0.398 e. The van der Waals surface area contributed by atoms with Gasteiger partial charge in [-0.25, -0.2) is 0 Å². The zero-order valence-electron chi connectivity index (χ0n) is 9.72. The van der Waals surface area contributed by atoms with Crippen molar-refractivity contribution in [3.63, 3.8) is 0 Å². The van der Waals surface area contributed by atoms with E-state index in [0.29, 0.717) is 5.92 Å². The third-order valence-electron chi connectivity index (χ3n) is 4.24. The van der Waals surface area contributed by atoms with Crippen LogP contribution in [0.25, 0.3) is 0 Å². The summed E-state index contributed by atoms with van der Waals surface area (Å²) in [5, 5.41) is 0. The van der Waals surface area contributed by atoms with Gasteiger partial charge in [-0.1, -0.05) is 22.9 Å². The van der Waals surface area contributed by atoms with Gasteiger partial charge in [0, 0.05) is 10.2 Å². The van der Waals surface area contributed by atoms with Gasteiger partial charge in [-0.3, -0.25) is 0 Å². The zero-order valence-corrected chi connectivity index (χ0v) is 11.3. The molecule has 0 radical (unpaired) electrons. The van der Waals surface area contributed by atoms with Crippen molar-refractivity contribution in [1.82, 2.24) is 0 Å². The summed E-state index contributed by atoms with van der Waals surface area (Å²) in [5.41, 5.74) is 11.7. The van der Waals surface area contributed by atoms with Crippen molar-refractivity contribution in [3.05, 3.63) is 27.2 Å². The summed E-state index contributed by atoms with van der Waals surface area (Å²) in [4.78, 5) is 0. The maximum Gasteiger partial charge on any atom is 0.0385 e. The number of benzene rings is 1. The quantitative estimate of drug-likeness (QED) is 0.813. The highest BCUT2D eigenvalue weighted by molar-refractivity contribution is 9.10. The normalized spacial score (nSPS) is 20.9. The summed E-state index contributed by atoms with van der Waals surface area (Å²) in [5.74, 6) is 1.52. The second-order valence-electron chi connectivity index (χ2n) is 5.30. The minimum atomic E-state index is 0.641. The summed E-state index contributed by atoms with van der Waals surface area (Å²) in [7, 11) is 0. The van der Waals surface area contributed by atoms with Crippen LogP contribution in [0.1, 0.15) is 48.8 Å². The van der Waals surface area contributed by atoms with E-state index in [1.807, 2.05) is 0 Å². The van der Waals surface area contributed by atoms with E-state index in [4.69, 9.17) is 5.73 Å². The van der Waals surface area contributed by atoms with Gasteiger partial charge in [0.2, 0.25) is 0 Å². The fourth-order valence-electron chi connectivity index (χ4n) is 3.01. The smallest absolute Gasteiger partial charge is 0.0385 e. The molecular formula is C14H18BrN. The van der Waals surface area contributed by atoms with Crippen LogP contribution in [0.4, 0.5) is 5.69 Å². The number of rotatable bonds is 2. The van der Waals surface area contributed by atoms with Gasteiger partial charge in [0.25, 0.3) is 0 Å². The fraction of sp³-hybridized carbons (Fsp3) is 0.571. The van der Waals surface area contributed by atoms with Gasteiger partial charge < -0.3 is 5.73 Å². The molecular weight excluding hydrogens is 262 g/mol. The van der Waals surface area contributed by atoms with Crippen LogP contribution in [0.2, 0.25) is 0 Å². The number of fused-ring (bicyclic) bond motifs is 1. The molecule has 1 aromatic carbocycles. The minimum absolute atomic E-state index is 0.641. The summed E-state index contributed by atoms with van der Waals surface area (Å²) < 4.78 is 1.29. The van der Waals surface area contributed by atoms with Gasteiger partial charge in [-0.15, -0.1) is 0 Å². The average molecular weight is 280 g/mol. The highest BCUT2D eigenvalue weighted by Crippen LogP contribution is 2.46. The Bertz CT molecular complexity index is 435. The van der Waals surface area contributed by atoms with E-state index >= 15 is 0 Å². The monoisotopic (exact) mass is 279 g/mol. The third-order valence-corrected chi connectivity index (χ3v) is 4.95. The first-order valence-corrected chi connectivity index (χ1v) is 7.07. The Morgan fingerprint density at radius 3 is 2.69 bits per heavy atom. The first kappa shape index (κ1) is 10.6. The molecule has 0 amide bonds. The van der Waals surface area contributed by atoms with Gasteiger partial charge in [0.1, 0.15) is 0 Å². The molecule has 1 aromatic rings.